The number of rotatable bonds is 3. The van der Waals surface area contributed by atoms with E-state index in [0.29, 0.717) is 6.16 Å². The molecule has 0 heterocycles. The minimum atomic E-state index is -2.81. The average Bonchev–Trinajstić information content (AvgIpc) is 1.67. The summed E-state index contributed by atoms with van der Waals surface area (Å²) >= 11 is 3.72. The van der Waals surface area contributed by atoms with Crippen molar-refractivity contribution in [3.05, 3.63) is 0 Å². The van der Waals surface area contributed by atoms with Gasteiger partial charge in [-0.15, -0.1) is 0 Å². The molecule has 0 aliphatic carbocycles. The van der Waals surface area contributed by atoms with E-state index in [9.17, 15) is 4.57 Å². The Morgan fingerprint density at radius 1 is 1.75 bits per heavy atom. The summed E-state index contributed by atoms with van der Waals surface area (Å²) in [6.45, 7) is 1.88. The van der Waals surface area contributed by atoms with Gasteiger partial charge in [0.1, 0.15) is 0 Å². The zero-order chi connectivity index (χ0) is 6.62. The summed E-state index contributed by atoms with van der Waals surface area (Å²) in [4.78, 5) is 8.80. The third-order valence-electron chi connectivity index (χ3n) is 0.794. The highest BCUT2D eigenvalue weighted by Crippen LogP contribution is 2.41. The topological polar surface area (TPSA) is 37.3 Å². The quantitative estimate of drug-likeness (QED) is 0.478. The average molecular weight is 154 g/mol. The van der Waals surface area contributed by atoms with E-state index in [4.69, 9.17) is 4.89 Å². The van der Waals surface area contributed by atoms with Crippen molar-refractivity contribution in [3.63, 3.8) is 0 Å². The van der Waals surface area contributed by atoms with Crippen molar-refractivity contribution >= 4 is 20.0 Å². The second-order valence-electron chi connectivity index (χ2n) is 1.71. The van der Waals surface area contributed by atoms with E-state index in [0.717, 1.165) is 6.42 Å². The third kappa shape index (κ3) is 3.53. The standard InChI is InChI=1S/C4H11O2PS/c1-2-3-7(5,6)4-8/h8H,2-4H2,1H3,(H,5,6). The Balaban J connectivity index is 3.55. The molecule has 0 aliphatic rings. The van der Waals surface area contributed by atoms with Gasteiger partial charge in [-0.2, -0.15) is 12.6 Å². The first-order valence-corrected chi connectivity index (χ1v) is 5.20. The van der Waals surface area contributed by atoms with Gasteiger partial charge in [-0.1, -0.05) is 6.92 Å². The van der Waals surface area contributed by atoms with Crippen LogP contribution in [0.4, 0.5) is 0 Å². The molecule has 0 saturated heterocycles. The summed E-state index contributed by atoms with van der Waals surface area (Å²) in [6.07, 6.45) is 1.16. The molecule has 0 saturated carbocycles. The Labute approximate surface area is 55.2 Å². The van der Waals surface area contributed by atoms with Crippen molar-refractivity contribution in [2.75, 3.05) is 11.7 Å². The Morgan fingerprint density at radius 2 is 2.25 bits per heavy atom. The van der Waals surface area contributed by atoms with Gasteiger partial charge < -0.3 is 4.89 Å². The van der Waals surface area contributed by atoms with Crippen molar-refractivity contribution in [1.82, 2.24) is 0 Å². The molecule has 0 spiro atoms. The lowest BCUT2D eigenvalue weighted by Gasteiger charge is -2.03. The molecule has 0 aromatic heterocycles. The molecular weight excluding hydrogens is 143 g/mol. The molecule has 0 bridgehead atoms. The van der Waals surface area contributed by atoms with E-state index in [1.54, 1.807) is 0 Å². The summed E-state index contributed by atoms with van der Waals surface area (Å²) in [5.41, 5.74) is 0.112. The van der Waals surface area contributed by atoms with Crippen LogP contribution in [0.3, 0.4) is 0 Å². The Hall–Kier alpha value is 0.540. The molecular formula is C4H11O2PS. The van der Waals surface area contributed by atoms with E-state index in [1.165, 1.54) is 0 Å². The van der Waals surface area contributed by atoms with Crippen LogP contribution in [0, 0.1) is 0 Å². The Morgan fingerprint density at radius 3 is 2.38 bits per heavy atom. The lowest BCUT2D eigenvalue weighted by molar-refractivity contribution is 0.482. The van der Waals surface area contributed by atoms with E-state index in [1.807, 2.05) is 6.92 Å². The molecule has 0 aliphatic heterocycles. The van der Waals surface area contributed by atoms with Crippen LogP contribution >= 0.6 is 20.0 Å². The van der Waals surface area contributed by atoms with Crippen LogP contribution in [-0.4, -0.2) is 16.5 Å². The Bertz CT molecular complexity index is 104. The van der Waals surface area contributed by atoms with E-state index >= 15 is 0 Å². The van der Waals surface area contributed by atoms with E-state index in [-0.39, 0.29) is 5.49 Å². The maximum absolute atomic E-state index is 10.7. The van der Waals surface area contributed by atoms with Crippen LogP contribution in [-0.2, 0) is 4.57 Å². The minimum Gasteiger partial charge on any atom is -0.344 e. The first-order valence-electron chi connectivity index (χ1n) is 2.54. The highest BCUT2D eigenvalue weighted by atomic mass is 32.1. The minimum absolute atomic E-state index is 0.112. The van der Waals surface area contributed by atoms with Gasteiger partial charge in [0.15, 0.2) is 0 Å². The number of thiol groups is 1. The van der Waals surface area contributed by atoms with Crippen LogP contribution in [0.5, 0.6) is 0 Å². The zero-order valence-corrected chi connectivity index (χ0v) is 6.66. The zero-order valence-electron chi connectivity index (χ0n) is 4.87. The predicted molar refractivity (Wildman–Crippen MR) is 38.8 cm³/mol. The maximum Gasteiger partial charge on any atom is 0.209 e. The second-order valence-corrected chi connectivity index (χ2v) is 4.98. The van der Waals surface area contributed by atoms with Gasteiger partial charge in [-0.05, 0) is 6.42 Å². The highest BCUT2D eigenvalue weighted by molar-refractivity contribution is 7.89. The van der Waals surface area contributed by atoms with Crippen molar-refractivity contribution in [2.24, 2.45) is 0 Å². The van der Waals surface area contributed by atoms with Gasteiger partial charge in [-0.25, -0.2) is 0 Å². The first-order chi connectivity index (χ1) is 3.62. The fourth-order valence-electron chi connectivity index (χ4n) is 0.420. The van der Waals surface area contributed by atoms with Crippen molar-refractivity contribution in [2.45, 2.75) is 13.3 Å². The van der Waals surface area contributed by atoms with Crippen LogP contribution in [0.25, 0.3) is 0 Å². The highest BCUT2D eigenvalue weighted by Gasteiger charge is 2.12. The van der Waals surface area contributed by atoms with E-state index in [2.05, 4.69) is 12.6 Å². The molecule has 0 rings (SSSR count). The first kappa shape index (κ1) is 8.54. The van der Waals surface area contributed by atoms with Gasteiger partial charge in [0, 0.05) is 6.16 Å². The maximum atomic E-state index is 10.7. The van der Waals surface area contributed by atoms with Gasteiger partial charge in [0.25, 0.3) is 0 Å². The molecule has 4 heteroatoms. The van der Waals surface area contributed by atoms with Gasteiger partial charge in [0.2, 0.25) is 7.37 Å². The molecule has 50 valence electrons. The number of hydrogen-bond donors (Lipinski definition) is 2. The fourth-order valence-corrected chi connectivity index (χ4v) is 1.68. The number of hydrogen-bond acceptors (Lipinski definition) is 2. The summed E-state index contributed by atoms with van der Waals surface area (Å²) < 4.78 is 10.7. The summed E-state index contributed by atoms with van der Waals surface area (Å²) in [7, 11) is -2.81. The normalized spacial score (nSPS) is 17.9. The van der Waals surface area contributed by atoms with Crippen LogP contribution in [0.15, 0.2) is 0 Å². The SMILES string of the molecule is CCCP(=O)(O)CS. The van der Waals surface area contributed by atoms with Crippen molar-refractivity contribution in [1.29, 1.82) is 0 Å². The molecule has 1 N–H and O–H groups in total. The molecule has 2 nitrogen and oxygen atoms in total. The van der Waals surface area contributed by atoms with Crippen LogP contribution in [0.1, 0.15) is 13.3 Å². The van der Waals surface area contributed by atoms with Gasteiger partial charge in [0.05, 0.1) is 5.49 Å². The van der Waals surface area contributed by atoms with Gasteiger partial charge in [-0.3, -0.25) is 4.57 Å². The smallest absolute Gasteiger partial charge is 0.209 e. The van der Waals surface area contributed by atoms with E-state index < -0.39 is 7.37 Å². The monoisotopic (exact) mass is 154 g/mol. The van der Waals surface area contributed by atoms with Crippen molar-refractivity contribution < 1.29 is 9.46 Å². The molecule has 0 aromatic rings. The summed E-state index contributed by atoms with van der Waals surface area (Å²) in [6, 6.07) is 0. The Kier molecular flexibility index (Phi) is 3.78. The summed E-state index contributed by atoms with van der Waals surface area (Å²) in [5.74, 6) is 0. The van der Waals surface area contributed by atoms with Crippen LogP contribution < -0.4 is 0 Å². The fraction of sp³-hybridized carbons (Fsp3) is 1.00. The third-order valence-corrected chi connectivity index (χ3v) is 3.71. The lowest BCUT2D eigenvalue weighted by Crippen LogP contribution is -1.86. The molecule has 0 amide bonds. The second kappa shape index (κ2) is 3.54. The molecule has 0 radical (unpaired) electrons. The molecule has 1 unspecified atom stereocenters. The van der Waals surface area contributed by atoms with Crippen molar-refractivity contribution in [3.8, 4) is 0 Å². The molecule has 0 fully saturated rings. The largest absolute Gasteiger partial charge is 0.344 e. The molecule has 0 aromatic carbocycles. The van der Waals surface area contributed by atoms with Gasteiger partial charge >= 0.3 is 0 Å². The molecule has 8 heavy (non-hydrogen) atoms. The molecule has 1 atom stereocenters. The predicted octanol–water partition coefficient (Wildman–Crippen LogP) is 1.55. The van der Waals surface area contributed by atoms with Crippen LogP contribution in [0.2, 0.25) is 0 Å². The summed E-state index contributed by atoms with van der Waals surface area (Å²) in [5, 5.41) is 0. The lowest BCUT2D eigenvalue weighted by atomic mass is 10.6.